The summed E-state index contributed by atoms with van der Waals surface area (Å²) in [5, 5.41) is 7.41. The maximum absolute atomic E-state index is 13.3. The number of nitrogens with two attached hydrogens (primary N) is 1. The first-order chi connectivity index (χ1) is 18.4. The van der Waals surface area contributed by atoms with Crippen LogP contribution in [-0.4, -0.2) is 41.4 Å². The summed E-state index contributed by atoms with van der Waals surface area (Å²) in [6.07, 6.45) is -4.67. The van der Waals surface area contributed by atoms with E-state index in [4.69, 9.17) is 10.5 Å². The molecule has 40 heavy (non-hydrogen) atoms. The van der Waals surface area contributed by atoms with Crippen LogP contribution >= 0.6 is 0 Å². The Bertz CT molecular complexity index is 1500. The van der Waals surface area contributed by atoms with Gasteiger partial charge in [0.1, 0.15) is 34.3 Å². The van der Waals surface area contributed by atoms with Gasteiger partial charge in [0, 0.05) is 5.56 Å². The zero-order valence-corrected chi connectivity index (χ0v) is 23.9. The van der Waals surface area contributed by atoms with Gasteiger partial charge in [-0.25, -0.2) is 18.1 Å². The van der Waals surface area contributed by atoms with Gasteiger partial charge in [-0.05, 0) is 57.9 Å². The van der Waals surface area contributed by atoms with E-state index in [1.165, 1.54) is 35.9 Å². The van der Waals surface area contributed by atoms with E-state index in [2.05, 4.69) is 20.1 Å². The highest BCUT2D eigenvalue weighted by atomic mass is 32.2. The maximum Gasteiger partial charge on any atom is 0.433 e. The van der Waals surface area contributed by atoms with Crippen LogP contribution in [0.3, 0.4) is 0 Å². The standard InChI is InChI=1S/C26H33F3N6O4S/c1-7-40(37,38)34-17-12-11-16(13-18(17)39-14-15(2)3)22-21(23(30)36)24(35(33-22)25(4,5)6)32-20-10-8-9-19(31-20)26(27,28)29/h8-13,15,34H,7,14H2,1-6H3,(H2,30,36)(H,31,32). The number of nitrogens with one attached hydrogen (secondary N) is 2. The van der Waals surface area contributed by atoms with Crippen molar-refractivity contribution in [1.82, 2.24) is 14.8 Å². The number of benzene rings is 1. The van der Waals surface area contributed by atoms with Gasteiger partial charge in [0.15, 0.2) is 0 Å². The second kappa shape index (κ2) is 11.4. The van der Waals surface area contributed by atoms with Crippen molar-refractivity contribution in [3.63, 3.8) is 0 Å². The molecule has 4 N–H and O–H groups in total. The zero-order chi connectivity index (χ0) is 30.0. The average molecular weight is 583 g/mol. The number of amides is 1. The topological polar surface area (TPSA) is 141 Å². The molecule has 1 aromatic carbocycles. The van der Waals surface area contributed by atoms with Gasteiger partial charge >= 0.3 is 6.18 Å². The fourth-order valence-corrected chi connectivity index (χ4v) is 4.26. The van der Waals surface area contributed by atoms with Crippen LogP contribution in [0.4, 0.5) is 30.5 Å². The van der Waals surface area contributed by atoms with Crippen LogP contribution in [0, 0.1) is 5.92 Å². The molecule has 0 aliphatic heterocycles. The van der Waals surface area contributed by atoms with Crippen molar-refractivity contribution in [3.05, 3.63) is 47.7 Å². The van der Waals surface area contributed by atoms with E-state index < -0.39 is 33.3 Å². The van der Waals surface area contributed by atoms with Crippen LogP contribution in [-0.2, 0) is 21.7 Å². The van der Waals surface area contributed by atoms with Gasteiger partial charge in [0.05, 0.1) is 23.6 Å². The monoisotopic (exact) mass is 582 g/mol. The molecule has 0 spiro atoms. The summed E-state index contributed by atoms with van der Waals surface area (Å²) < 4.78 is 74.1. The lowest BCUT2D eigenvalue weighted by Gasteiger charge is -2.23. The Morgan fingerprint density at radius 2 is 1.82 bits per heavy atom. The largest absolute Gasteiger partial charge is 0.491 e. The number of halogens is 3. The number of hydrogen-bond acceptors (Lipinski definition) is 7. The van der Waals surface area contributed by atoms with Crippen molar-refractivity contribution in [2.75, 3.05) is 22.4 Å². The number of primary amides is 1. The highest BCUT2D eigenvalue weighted by Crippen LogP contribution is 2.38. The highest BCUT2D eigenvalue weighted by Gasteiger charge is 2.33. The fourth-order valence-electron chi connectivity index (χ4n) is 3.61. The first-order valence-electron chi connectivity index (χ1n) is 12.4. The number of anilines is 3. The van der Waals surface area contributed by atoms with Crippen molar-refractivity contribution in [2.45, 2.75) is 53.3 Å². The average Bonchev–Trinajstić information content (AvgIpc) is 3.23. The number of alkyl halides is 3. The van der Waals surface area contributed by atoms with E-state index in [0.717, 1.165) is 6.07 Å². The minimum atomic E-state index is -4.67. The zero-order valence-electron chi connectivity index (χ0n) is 23.0. The Balaban J connectivity index is 2.22. The normalized spacial score (nSPS) is 12.4. The van der Waals surface area contributed by atoms with Gasteiger partial charge in [-0.3, -0.25) is 9.52 Å². The molecular weight excluding hydrogens is 549 g/mol. The molecule has 10 nitrogen and oxygen atoms in total. The van der Waals surface area contributed by atoms with Crippen LogP contribution < -0.4 is 20.5 Å². The SMILES string of the molecule is CCS(=O)(=O)Nc1ccc(-c2nn(C(C)(C)C)c(Nc3cccc(C(F)(F)F)n3)c2C(N)=O)cc1OCC(C)C. The molecule has 0 bridgehead atoms. The maximum atomic E-state index is 13.3. The molecule has 218 valence electrons. The molecule has 0 fully saturated rings. The second-order valence-electron chi connectivity index (χ2n) is 10.5. The minimum absolute atomic E-state index is 0.0437. The molecule has 0 aliphatic rings. The number of nitrogens with zero attached hydrogens (tertiary/aromatic N) is 3. The fraction of sp³-hybridized carbons (Fsp3) is 0.423. The van der Waals surface area contributed by atoms with E-state index in [1.54, 1.807) is 26.8 Å². The molecule has 3 aromatic rings. The van der Waals surface area contributed by atoms with Crippen LogP contribution in [0.2, 0.25) is 0 Å². The predicted molar refractivity (Wildman–Crippen MR) is 147 cm³/mol. The molecule has 14 heteroatoms. The molecule has 0 aliphatic carbocycles. The smallest absolute Gasteiger partial charge is 0.433 e. The summed E-state index contributed by atoms with van der Waals surface area (Å²) in [5.41, 5.74) is 4.51. The lowest BCUT2D eigenvalue weighted by molar-refractivity contribution is -0.141. The lowest BCUT2D eigenvalue weighted by atomic mass is 10.1. The number of ether oxygens (including phenoxy) is 1. The van der Waals surface area contributed by atoms with Crippen molar-refractivity contribution in [2.24, 2.45) is 11.7 Å². The molecule has 0 saturated heterocycles. The summed E-state index contributed by atoms with van der Waals surface area (Å²) >= 11 is 0. The van der Waals surface area contributed by atoms with Crippen LogP contribution in [0.15, 0.2) is 36.4 Å². The molecule has 0 radical (unpaired) electrons. The van der Waals surface area contributed by atoms with Crippen molar-refractivity contribution >= 4 is 33.3 Å². The Morgan fingerprint density at radius 3 is 2.38 bits per heavy atom. The van der Waals surface area contributed by atoms with Crippen molar-refractivity contribution < 1.29 is 31.1 Å². The third-order valence-electron chi connectivity index (χ3n) is 5.53. The van der Waals surface area contributed by atoms with Crippen LogP contribution in [0.5, 0.6) is 5.75 Å². The third-order valence-corrected chi connectivity index (χ3v) is 6.82. The molecule has 0 unspecified atom stereocenters. The van der Waals surface area contributed by atoms with E-state index in [9.17, 15) is 26.4 Å². The minimum Gasteiger partial charge on any atom is -0.491 e. The molecule has 0 saturated carbocycles. The molecule has 3 rings (SSSR count). The van der Waals surface area contributed by atoms with Crippen LogP contribution in [0.1, 0.15) is 57.6 Å². The molecule has 2 aromatic heterocycles. The molecule has 0 atom stereocenters. The summed E-state index contributed by atoms with van der Waals surface area (Å²) in [7, 11) is -3.62. The molecule has 2 heterocycles. The van der Waals surface area contributed by atoms with Gasteiger partial charge in [-0.15, -0.1) is 0 Å². The van der Waals surface area contributed by atoms with Crippen molar-refractivity contribution in [3.8, 4) is 17.0 Å². The number of hydrogen-bond donors (Lipinski definition) is 3. The van der Waals surface area contributed by atoms with Gasteiger partial charge in [0.25, 0.3) is 5.91 Å². The lowest BCUT2D eigenvalue weighted by Crippen LogP contribution is -2.25. The Labute approximate surface area is 231 Å². The first-order valence-corrected chi connectivity index (χ1v) is 14.1. The number of aromatic nitrogens is 3. The number of rotatable bonds is 10. The van der Waals surface area contributed by atoms with Gasteiger partial charge in [-0.2, -0.15) is 18.3 Å². The third kappa shape index (κ3) is 7.23. The summed E-state index contributed by atoms with van der Waals surface area (Å²) in [6.45, 7) is 11.0. The molecule has 1 amide bonds. The quantitative estimate of drug-likeness (QED) is 0.292. The Morgan fingerprint density at radius 1 is 1.15 bits per heavy atom. The van der Waals surface area contributed by atoms with E-state index in [1.807, 2.05) is 13.8 Å². The Kier molecular flexibility index (Phi) is 8.72. The van der Waals surface area contributed by atoms with E-state index in [-0.39, 0.29) is 52.6 Å². The molecular formula is C26H33F3N6O4S. The summed E-state index contributed by atoms with van der Waals surface area (Å²) in [4.78, 5) is 16.4. The van der Waals surface area contributed by atoms with E-state index >= 15 is 0 Å². The second-order valence-corrected chi connectivity index (χ2v) is 12.5. The summed E-state index contributed by atoms with van der Waals surface area (Å²) in [6, 6.07) is 7.91. The van der Waals surface area contributed by atoms with Gasteiger partial charge in [-0.1, -0.05) is 26.0 Å². The number of sulfonamides is 1. The predicted octanol–water partition coefficient (Wildman–Crippen LogP) is 5.36. The van der Waals surface area contributed by atoms with Gasteiger partial charge < -0.3 is 15.8 Å². The first kappa shape index (κ1) is 30.7. The number of pyridine rings is 1. The number of carbonyl (C=O) groups excluding carboxylic acids is 1. The Hall–Kier alpha value is -3.81. The highest BCUT2D eigenvalue weighted by molar-refractivity contribution is 7.92. The van der Waals surface area contributed by atoms with Crippen molar-refractivity contribution in [1.29, 1.82) is 0 Å². The number of carbonyl (C=O) groups is 1. The van der Waals surface area contributed by atoms with E-state index in [0.29, 0.717) is 5.56 Å². The van der Waals surface area contributed by atoms with Crippen LogP contribution in [0.25, 0.3) is 11.3 Å². The summed E-state index contributed by atoms with van der Waals surface area (Å²) in [5.74, 6) is -0.838. The van der Waals surface area contributed by atoms with Gasteiger partial charge in [0.2, 0.25) is 10.0 Å².